The minimum absolute atomic E-state index is 0.138. The van der Waals surface area contributed by atoms with E-state index in [2.05, 4.69) is 0 Å². The smallest absolute Gasteiger partial charge is 0.311 e. The second-order valence-corrected chi connectivity index (χ2v) is 17.8. The van der Waals surface area contributed by atoms with E-state index >= 15 is 0 Å². The molecule has 3 heterocycles. The molecule has 2 bridgehead atoms. The summed E-state index contributed by atoms with van der Waals surface area (Å²) < 4.78 is 23.2. The Morgan fingerprint density at radius 1 is 0.692 bits per heavy atom. The fourth-order valence-electron chi connectivity index (χ4n) is 8.11. The van der Waals surface area contributed by atoms with Gasteiger partial charge in [0.15, 0.2) is 12.1 Å². The molecule has 19 atom stereocenters. The van der Waals surface area contributed by atoms with E-state index in [4.69, 9.17) is 24.7 Å². The molecule has 370 valence electrons. The molecule has 0 amide bonds. The maximum Gasteiger partial charge on any atom is 0.311 e. The van der Waals surface area contributed by atoms with Crippen LogP contribution in [0.1, 0.15) is 91.9 Å². The third-order valence-corrected chi connectivity index (χ3v) is 12.2. The molecule has 3 rings (SSSR count). The fourth-order valence-corrected chi connectivity index (χ4v) is 8.11. The SMILES string of the molecule is CC1/C=C/C=C/CC/C=C/C=C/C=C/C=C/C(OC2O[C@@H](C)[C@H](O)[C@@H](N)[C@H]2O)CC2O[C@](O)(C[C@@H](O)[C@H](O)CC[C@@H](O)C[C@@H](O)C[C@@H](O)CC(=O)O[C@@H](C)[C@H](C)[C@@H]1O)C[C@H](O)C2C(=O)O. The number of carbonyl (C=O) groups is 2. The number of hydrogen-bond donors (Lipinski definition) is 12. The number of carboxylic acid groups (broad SMARTS) is 1. The summed E-state index contributed by atoms with van der Waals surface area (Å²) >= 11 is 0. The molecule has 65 heavy (non-hydrogen) atoms. The highest BCUT2D eigenvalue weighted by molar-refractivity contribution is 5.71. The molecule has 18 nitrogen and oxygen atoms in total. The van der Waals surface area contributed by atoms with Crippen LogP contribution < -0.4 is 5.73 Å². The molecule has 3 aliphatic heterocycles. The van der Waals surface area contributed by atoms with Crippen LogP contribution in [0.3, 0.4) is 0 Å². The first-order chi connectivity index (χ1) is 30.6. The summed E-state index contributed by atoms with van der Waals surface area (Å²) in [5.74, 6) is -6.82. The van der Waals surface area contributed by atoms with Gasteiger partial charge in [-0.05, 0) is 52.4 Å². The Kier molecular flexibility index (Phi) is 23.8. The minimum Gasteiger partial charge on any atom is -0.481 e. The summed E-state index contributed by atoms with van der Waals surface area (Å²) in [6.45, 7) is 6.78. The van der Waals surface area contributed by atoms with Crippen LogP contribution >= 0.6 is 0 Å². The van der Waals surface area contributed by atoms with Gasteiger partial charge in [-0.2, -0.15) is 0 Å². The van der Waals surface area contributed by atoms with Gasteiger partial charge in [0.1, 0.15) is 18.1 Å². The van der Waals surface area contributed by atoms with Crippen molar-refractivity contribution in [3.8, 4) is 0 Å². The highest BCUT2D eigenvalue weighted by atomic mass is 16.7. The van der Waals surface area contributed by atoms with Gasteiger partial charge in [-0.15, -0.1) is 0 Å². The highest BCUT2D eigenvalue weighted by Crippen LogP contribution is 2.38. The molecule has 18 heteroatoms. The van der Waals surface area contributed by atoms with Crippen molar-refractivity contribution in [3.63, 3.8) is 0 Å². The van der Waals surface area contributed by atoms with Crippen molar-refractivity contribution in [1.82, 2.24) is 0 Å². The lowest BCUT2D eigenvalue weighted by Gasteiger charge is -2.45. The standard InChI is InChI=1S/C47H75NO17/c1-27-17-15-13-11-9-7-5-6-8-10-12-14-16-18-34(64-46-44(58)41(48)43(57)30(4)63-46)24-38-40(45(59)60)37(54)26-47(61,65-38)25-36(53)35(52)20-19-31(49)21-32(50)22-33(51)23-39(55)62-29(3)28(2)42(27)56/h5-6,8,10-18,27-38,40-44,46,49-54,56-58,61H,7,9,19-26,48H2,1-4H3,(H,59,60)/b6-5+,10-8+,13-11+,14-12+,17-15+,18-16+/t27?,28-,29-,30-,31+,32+,33+,34?,35+,36+,37-,38?,40?,41+,42+,43-,44+,46?,47+/m0/s1. The van der Waals surface area contributed by atoms with E-state index in [0.717, 1.165) is 12.8 Å². The average Bonchev–Trinajstić information content (AvgIpc) is 3.21. The largest absolute Gasteiger partial charge is 0.481 e. The van der Waals surface area contributed by atoms with Gasteiger partial charge in [-0.1, -0.05) is 86.8 Å². The van der Waals surface area contributed by atoms with Crippen LogP contribution in [0, 0.1) is 17.8 Å². The average molecular weight is 926 g/mol. The monoisotopic (exact) mass is 926 g/mol. The van der Waals surface area contributed by atoms with Gasteiger partial charge in [-0.3, -0.25) is 9.59 Å². The van der Waals surface area contributed by atoms with E-state index in [1.165, 1.54) is 13.0 Å². The second kappa shape index (κ2) is 27.6. The predicted octanol–water partition coefficient (Wildman–Crippen LogP) is 0.936. The quantitative estimate of drug-likeness (QED) is 0.175. The molecule has 0 spiro atoms. The highest BCUT2D eigenvalue weighted by Gasteiger charge is 2.51. The summed E-state index contributed by atoms with van der Waals surface area (Å²) in [5, 5.41) is 118. The number of aliphatic carboxylic acids is 1. The number of hydrogen-bond acceptors (Lipinski definition) is 17. The summed E-state index contributed by atoms with van der Waals surface area (Å²) in [5.41, 5.74) is 6.02. The number of nitrogens with two attached hydrogens (primary N) is 1. The van der Waals surface area contributed by atoms with Crippen LogP contribution in [0.15, 0.2) is 72.9 Å². The third-order valence-electron chi connectivity index (χ3n) is 12.2. The Labute approximate surface area is 381 Å². The van der Waals surface area contributed by atoms with Crippen molar-refractivity contribution in [2.24, 2.45) is 23.5 Å². The molecular formula is C47H75NO17. The van der Waals surface area contributed by atoms with Crippen LogP contribution in [0.4, 0.5) is 0 Å². The zero-order valence-electron chi connectivity index (χ0n) is 37.8. The number of rotatable bonds is 3. The third kappa shape index (κ3) is 18.8. The first kappa shape index (κ1) is 56.1. The van der Waals surface area contributed by atoms with Crippen LogP contribution in [-0.4, -0.2) is 166 Å². The molecule has 0 aliphatic carbocycles. The molecule has 5 unspecified atom stereocenters. The van der Waals surface area contributed by atoms with Gasteiger partial charge >= 0.3 is 11.9 Å². The van der Waals surface area contributed by atoms with Gasteiger partial charge in [-0.25, -0.2) is 0 Å². The Hall–Kier alpha value is -3.18. The normalized spacial score (nSPS) is 45.2. The molecule has 0 radical (unpaired) electrons. The van der Waals surface area contributed by atoms with E-state index in [-0.39, 0.29) is 38.0 Å². The summed E-state index contributed by atoms with van der Waals surface area (Å²) in [7, 11) is 0. The van der Waals surface area contributed by atoms with E-state index in [1.54, 1.807) is 38.2 Å². The number of carbonyl (C=O) groups excluding carboxylic acids is 1. The second-order valence-electron chi connectivity index (χ2n) is 17.8. The van der Waals surface area contributed by atoms with Crippen molar-refractivity contribution >= 4 is 11.9 Å². The Bertz CT molecular complexity index is 1620. The first-order valence-corrected chi connectivity index (χ1v) is 22.6. The van der Waals surface area contributed by atoms with Crippen LogP contribution in [0.25, 0.3) is 0 Å². The molecule has 0 aromatic carbocycles. The number of ether oxygens (including phenoxy) is 4. The summed E-state index contributed by atoms with van der Waals surface area (Å²) in [4.78, 5) is 25.1. The molecule has 2 fully saturated rings. The molecule has 0 saturated carbocycles. The topological polar surface area (TPSA) is 320 Å². The first-order valence-electron chi connectivity index (χ1n) is 22.6. The zero-order chi connectivity index (χ0) is 48.4. The van der Waals surface area contributed by atoms with Crippen molar-refractivity contribution in [2.45, 2.75) is 189 Å². The van der Waals surface area contributed by atoms with Gasteiger partial charge in [0.05, 0.1) is 79.6 Å². The van der Waals surface area contributed by atoms with E-state index in [9.17, 15) is 65.8 Å². The number of aliphatic hydroxyl groups is 10. The Balaban J connectivity index is 1.84. The number of fused-ring (bicyclic) bond motifs is 2. The predicted molar refractivity (Wildman–Crippen MR) is 237 cm³/mol. The maximum absolute atomic E-state index is 12.6. The number of aliphatic hydroxyl groups excluding tert-OH is 9. The summed E-state index contributed by atoms with van der Waals surface area (Å²) in [6.07, 6.45) is 2.28. The Morgan fingerprint density at radius 3 is 1.94 bits per heavy atom. The lowest BCUT2D eigenvalue weighted by Crippen LogP contribution is -2.61. The summed E-state index contributed by atoms with van der Waals surface area (Å²) in [6, 6.07) is -1.14. The van der Waals surface area contributed by atoms with Crippen LogP contribution in [0.2, 0.25) is 0 Å². The Morgan fingerprint density at radius 2 is 1.28 bits per heavy atom. The lowest BCUT2D eigenvalue weighted by atomic mass is 9.82. The number of allylic oxidation sites excluding steroid dienone is 10. The van der Waals surface area contributed by atoms with Gasteiger partial charge < -0.3 is 80.9 Å². The van der Waals surface area contributed by atoms with Gasteiger partial charge in [0.2, 0.25) is 0 Å². The van der Waals surface area contributed by atoms with Crippen molar-refractivity contribution in [2.75, 3.05) is 0 Å². The van der Waals surface area contributed by atoms with E-state index in [0.29, 0.717) is 0 Å². The van der Waals surface area contributed by atoms with Gasteiger partial charge in [0.25, 0.3) is 0 Å². The minimum atomic E-state index is -2.35. The molecule has 2 saturated heterocycles. The maximum atomic E-state index is 12.6. The number of cyclic esters (lactones) is 1. The molecule has 13 N–H and O–H groups in total. The lowest BCUT2D eigenvalue weighted by molar-refractivity contribution is -0.310. The van der Waals surface area contributed by atoms with E-state index < -0.39 is 141 Å². The van der Waals surface area contributed by atoms with Crippen molar-refractivity contribution in [3.05, 3.63) is 72.9 Å². The van der Waals surface area contributed by atoms with E-state index in [1.807, 2.05) is 49.5 Å². The van der Waals surface area contributed by atoms with Crippen LogP contribution in [0.5, 0.6) is 0 Å². The fraction of sp³-hybridized carbons (Fsp3) is 0.702. The molecule has 3 aliphatic rings. The van der Waals surface area contributed by atoms with Crippen molar-refractivity contribution in [1.29, 1.82) is 0 Å². The number of carboxylic acids is 1. The van der Waals surface area contributed by atoms with Gasteiger partial charge in [0, 0.05) is 31.1 Å². The molecule has 0 aromatic heterocycles. The molecular weight excluding hydrogens is 851 g/mol. The molecule has 0 aromatic rings. The van der Waals surface area contributed by atoms with Crippen molar-refractivity contribution < 1.29 is 84.7 Å². The zero-order valence-corrected chi connectivity index (χ0v) is 37.8. The van der Waals surface area contributed by atoms with Crippen LogP contribution in [-0.2, 0) is 28.5 Å². The number of esters is 1.